The Labute approximate surface area is 225 Å². The Bertz CT molecular complexity index is 1310. The number of benzene rings is 2. The molecular formula is C27H31ClFN5O4. The van der Waals surface area contributed by atoms with Gasteiger partial charge in [0.15, 0.2) is 18.1 Å². The van der Waals surface area contributed by atoms with Gasteiger partial charge in [0.2, 0.25) is 5.91 Å². The van der Waals surface area contributed by atoms with E-state index in [0.717, 1.165) is 0 Å². The number of anilines is 2. The first-order valence-corrected chi connectivity index (χ1v) is 13.0. The largest absolute Gasteiger partial charge is 0.493 e. The van der Waals surface area contributed by atoms with Gasteiger partial charge in [0.1, 0.15) is 18.0 Å². The molecule has 0 spiro atoms. The standard InChI is InChI=1S/C27H31ClFN5O4/c1-4-33(5-2)27(36)17-8-10-34(11-9-17)25(35)15-38-24-13-19-22(14-23(24)37-3)30-16-31-26(19)32-18-6-7-21(29)20(28)12-18/h6-7,12-14,16-17H,4-5,8-11,15H2,1-3H3,(H,30,31,32). The van der Waals surface area contributed by atoms with E-state index >= 15 is 0 Å². The third kappa shape index (κ3) is 6.07. The van der Waals surface area contributed by atoms with Crippen molar-refractivity contribution in [3.63, 3.8) is 0 Å². The Morgan fingerprint density at radius 3 is 2.53 bits per heavy atom. The summed E-state index contributed by atoms with van der Waals surface area (Å²) in [5.74, 6) is 0.657. The summed E-state index contributed by atoms with van der Waals surface area (Å²) < 4.78 is 24.9. The summed E-state index contributed by atoms with van der Waals surface area (Å²) in [5, 5.41) is 3.72. The number of nitrogens with zero attached hydrogens (tertiary/aromatic N) is 4. The van der Waals surface area contributed by atoms with Crippen LogP contribution in [0.2, 0.25) is 5.02 Å². The number of piperidine rings is 1. The van der Waals surface area contributed by atoms with Crippen LogP contribution in [0.3, 0.4) is 0 Å². The number of likely N-dealkylation sites (tertiary alicyclic amines) is 1. The Kier molecular flexibility index (Phi) is 8.83. The molecular weight excluding hydrogens is 513 g/mol. The van der Waals surface area contributed by atoms with Crippen LogP contribution in [0.5, 0.6) is 11.5 Å². The van der Waals surface area contributed by atoms with Gasteiger partial charge in [-0.1, -0.05) is 11.6 Å². The van der Waals surface area contributed by atoms with Crippen LogP contribution in [0.15, 0.2) is 36.7 Å². The van der Waals surface area contributed by atoms with Gasteiger partial charge >= 0.3 is 0 Å². The van der Waals surface area contributed by atoms with Crippen molar-refractivity contribution in [3.8, 4) is 11.5 Å². The van der Waals surface area contributed by atoms with Crippen molar-refractivity contribution in [1.29, 1.82) is 0 Å². The molecule has 9 nitrogen and oxygen atoms in total. The lowest BCUT2D eigenvalue weighted by molar-refractivity contribution is -0.141. The van der Waals surface area contributed by atoms with E-state index in [4.69, 9.17) is 21.1 Å². The van der Waals surface area contributed by atoms with Gasteiger partial charge in [0.25, 0.3) is 5.91 Å². The molecule has 11 heteroatoms. The molecule has 0 bridgehead atoms. The lowest BCUT2D eigenvalue weighted by Gasteiger charge is -2.33. The number of hydrogen-bond acceptors (Lipinski definition) is 7. The maximum atomic E-state index is 13.6. The van der Waals surface area contributed by atoms with E-state index in [9.17, 15) is 14.0 Å². The van der Waals surface area contributed by atoms with Crippen molar-refractivity contribution in [2.75, 3.05) is 45.2 Å². The van der Waals surface area contributed by atoms with Gasteiger partial charge in [-0.2, -0.15) is 0 Å². The summed E-state index contributed by atoms with van der Waals surface area (Å²) in [6, 6.07) is 7.67. The zero-order valence-corrected chi connectivity index (χ0v) is 22.4. The highest BCUT2D eigenvalue weighted by Gasteiger charge is 2.29. The number of aromatic nitrogens is 2. The van der Waals surface area contributed by atoms with Crippen LogP contribution in [-0.2, 0) is 9.59 Å². The second-order valence-electron chi connectivity index (χ2n) is 8.95. The quantitative estimate of drug-likeness (QED) is 0.419. The van der Waals surface area contributed by atoms with Crippen LogP contribution in [-0.4, -0.2) is 71.5 Å². The molecule has 2 amide bonds. The topological polar surface area (TPSA) is 96.9 Å². The molecule has 4 rings (SSSR count). The maximum Gasteiger partial charge on any atom is 0.260 e. The number of amides is 2. The predicted molar refractivity (Wildman–Crippen MR) is 144 cm³/mol. The monoisotopic (exact) mass is 543 g/mol. The molecule has 0 radical (unpaired) electrons. The van der Waals surface area contributed by atoms with Crippen LogP contribution < -0.4 is 14.8 Å². The van der Waals surface area contributed by atoms with Crippen LogP contribution in [0.4, 0.5) is 15.9 Å². The normalized spacial score (nSPS) is 13.9. The van der Waals surface area contributed by atoms with E-state index in [1.165, 1.54) is 25.6 Å². The first-order chi connectivity index (χ1) is 18.3. The van der Waals surface area contributed by atoms with E-state index < -0.39 is 5.82 Å². The third-order valence-corrected chi connectivity index (χ3v) is 7.02. The predicted octanol–water partition coefficient (Wildman–Crippen LogP) is 4.66. The molecule has 3 aromatic rings. The van der Waals surface area contributed by atoms with Crippen LogP contribution in [0.25, 0.3) is 10.9 Å². The second kappa shape index (κ2) is 12.3. The number of nitrogens with one attached hydrogen (secondary N) is 1. The average Bonchev–Trinajstić information content (AvgIpc) is 2.94. The molecule has 0 saturated carbocycles. The minimum absolute atomic E-state index is 0.0148. The fourth-order valence-electron chi connectivity index (χ4n) is 4.55. The van der Waals surface area contributed by atoms with Gasteiger partial charge < -0.3 is 24.6 Å². The highest BCUT2D eigenvalue weighted by molar-refractivity contribution is 6.31. The zero-order chi connectivity index (χ0) is 27.2. The number of rotatable bonds is 9. The van der Waals surface area contributed by atoms with Crippen molar-refractivity contribution in [2.45, 2.75) is 26.7 Å². The molecule has 1 saturated heterocycles. The summed E-state index contributed by atoms with van der Waals surface area (Å²) in [5.41, 5.74) is 1.14. The number of halogens is 2. The van der Waals surface area contributed by atoms with Crippen molar-refractivity contribution in [1.82, 2.24) is 19.8 Å². The molecule has 2 aromatic carbocycles. The number of hydrogen-bond donors (Lipinski definition) is 1. The van der Waals surface area contributed by atoms with E-state index in [1.807, 2.05) is 18.7 Å². The Morgan fingerprint density at radius 2 is 1.87 bits per heavy atom. The number of methoxy groups -OCH3 is 1. The van der Waals surface area contributed by atoms with Crippen LogP contribution in [0, 0.1) is 11.7 Å². The number of ether oxygens (including phenoxy) is 2. The lowest BCUT2D eigenvalue weighted by Crippen LogP contribution is -2.45. The molecule has 1 aromatic heterocycles. The fraction of sp³-hybridized carbons (Fsp3) is 0.407. The molecule has 1 fully saturated rings. The minimum Gasteiger partial charge on any atom is -0.493 e. The minimum atomic E-state index is -0.519. The van der Waals surface area contributed by atoms with Gasteiger partial charge in [-0.25, -0.2) is 14.4 Å². The smallest absolute Gasteiger partial charge is 0.260 e. The summed E-state index contributed by atoms with van der Waals surface area (Å²) >= 11 is 5.91. The fourth-order valence-corrected chi connectivity index (χ4v) is 4.73. The van der Waals surface area contributed by atoms with E-state index in [2.05, 4.69) is 15.3 Å². The van der Waals surface area contributed by atoms with Crippen molar-refractivity contribution in [2.24, 2.45) is 5.92 Å². The molecule has 0 unspecified atom stereocenters. The summed E-state index contributed by atoms with van der Waals surface area (Å²) in [4.78, 5) is 37.7. The molecule has 1 aliphatic heterocycles. The average molecular weight is 544 g/mol. The molecule has 0 atom stereocenters. The zero-order valence-electron chi connectivity index (χ0n) is 21.7. The summed E-state index contributed by atoms with van der Waals surface area (Å²) in [7, 11) is 1.51. The maximum absolute atomic E-state index is 13.6. The van der Waals surface area contributed by atoms with E-state index in [1.54, 1.807) is 23.1 Å². The van der Waals surface area contributed by atoms with Crippen molar-refractivity contribution >= 4 is 45.8 Å². The Morgan fingerprint density at radius 1 is 1.13 bits per heavy atom. The van der Waals surface area contributed by atoms with E-state index in [0.29, 0.717) is 72.9 Å². The van der Waals surface area contributed by atoms with Crippen molar-refractivity contribution < 1.29 is 23.5 Å². The SMILES string of the molecule is CCN(CC)C(=O)C1CCN(C(=O)COc2cc3c(Nc4ccc(F)c(Cl)c4)ncnc3cc2OC)CC1. The number of carbonyl (C=O) groups excluding carboxylic acids is 2. The Hall–Kier alpha value is -3.66. The molecule has 1 aliphatic rings. The van der Waals surface area contributed by atoms with Gasteiger partial charge in [-0.05, 0) is 51.0 Å². The number of carbonyl (C=O) groups is 2. The molecule has 38 heavy (non-hydrogen) atoms. The van der Waals surface area contributed by atoms with Gasteiger partial charge in [0, 0.05) is 49.2 Å². The summed E-state index contributed by atoms with van der Waals surface area (Å²) in [6.45, 7) is 6.17. The molecule has 202 valence electrons. The third-order valence-electron chi connectivity index (χ3n) is 6.73. The first-order valence-electron chi connectivity index (χ1n) is 12.6. The van der Waals surface area contributed by atoms with Crippen molar-refractivity contribution in [3.05, 3.63) is 47.5 Å². The van der Waals surface area contributed by atoms with Gasteiger partial charge in [-0.3, -0.25) is 9.59 Å². The number of fused-ring (bicyclic) bond motifs is 1. The van der Waals surface area contributed by atoms with Crippen LogP contribution >= 0.6 is 11.6 Å². The van der Waals surface area contributed by atoms with Crippen LogP contribution in [0.1, 0.15) is 26.7 Å². The lowest BCUT2D eigenvalue weighted by atomic mass is 9.95. The van der Waals surface area contributed by atoms with E-state index in [-0.39, 0.29) is 29.4 Å². The summed E-state index contributed by atoms with van der Waals surface area (Å²) in [6.07, 6.45) is 2.67. The van der Waals surface area contributed by atoms with Gasteiger partial charge in [0.05, 0.1) is 17.6 Å². The highest BCUT2D eigenvalue weighted by atomic mass is 35.5. The second-order valence-corrected chi connectivity index (χ2v) is 9.36. The molecule has 2 heterocycles. The molecule has 0 aliphatic carbocycles. The highest BCUT2D eigenvalue weighted by Crippen LogP contribution is 2.35. The first kappa shape index (κ1) is 27.4. The Balaban J connectivity index is 1.45. The molecule has 1 N–H and O–H groups in total. The van der Waals surface area contributed by atoms with Gasteiger partial charge in [-0.15, -0.1) is 0 Å².